The first-order valence-electron chi connectivity index (χ1n) is 11.8. The zero-order chi connectivity index (χ0) is 23.2. The molecule has 0 aliphatic carbocycles. The first-order chi connectivity index (χ1) is 16.8. The summed E-state index contributed by atoms with van der Waals surface area (Å²) in [6.07, 6.45) is 3.40. The second kappa shape index (κ2) is 10.3. The highest BCUT2D eigenvalue weighted by atomic mass is 16.1. The summed E-state index contributed by atoms with van der Waals surface area (Å²) in [5, 5.41) is 11.6. The fourth-order valence-electron chi connectivity index (χ4n) is 4.58. The van der Waals surface area contributed by atoms with E-state index in [1.54, 1.807) is 6.07 Å². The van der Waals surface area contributed by atoms with E-state index in [9.17, 15) is 4.79 Å². The van der Waals surface area contributed by atoms with Crippen LogP contribution >= 0.6 is 0 Å². The van der Waals surface area contributed by atoms with Gasteiger partial charge in [-0.3, -0.25) is 4.79 Å². The van der Waals surface area contributed by atoms with E-state index in [-0.39, 0.29) is 5.91 Å². The van der Waals surface area contributed by atoms with E-state index in [1.807, 2.05) is 60.7 Å². The van der Waals surface area contributed by atoms with Crippen LogP contribution in [-0.4, -0.2) is 29.2 Å². The van der Waals surface area contributed by atoms with Crippen LogP contribution in [0, 0.1) is 5.92 Å². The minimum absolute atomic E-state index is 0.260. The average Bonchev–Trinajstić information content (AvgIpc) is 2.91. The van der Waals surface area contributed by atoms with Crippen molar-refractivity contribution in [3.05, 3.63) is 108 Å². The van der Waals surface area contributed by atoms with Gasteiger partial charge in [0.25, 0.3) is 5.91 Å². The first kappa shape index (κ1) is 21.8. The predicted molar refractivity (Wildman–Crippen MR) is 137 cm³/mol. The zero-order valence-electron chi connectivity index (χ0n) is 19.1. The van der Waals surface area contributed by atoms with Crippen molar-refractivity contribution in [2.45, 2.75) is 19.3 Å². The van der Waals surface area contributed by atoms with Crippen LogP contribution in [0.2, 0.25) is 0 Å². The van der Waals surface area contributed by atoms with Gasteiger partial charge in [0.15, 0.2) is 11.5 Å². The quantitative estimate of drug-likeness (QED) is 0.402. The molecule has 1 saturated heterocycles. The Morgan fingerprint density at radius 2 is 1.47 bits per heavy atom. The van der Waals surface area contributed by atoms with Crippen LogP contribution in [0.25, 0.3) is 11.1 Å². The van der Waals surface area contributed by atoms with Gasteiger partial charge in [-0.05, 0) is 54.5 Å². The summed E-state index contributed by atoms with van der Waals surface area (Å²) in [6, 6.07) is 32.2. The van der Waals surface area contributed by atoms with Crippen LogP contribution in [0.5, 0.6) is 0 Å². The summed E-state index contributed by atoms with van der Waals surface area (Å²) < 4.78 is 0. The molecule has 1 amide bonds. The maximum Gasteiger partial charge on any atom is 0.276 e. The van der Waals surface area contributed by atoms with Crippen LogP contribution in [0.1, 0.15) is 28.9 Å². The molecule has 4 aromatic rings. The fourth-order valence-corrected chi connectivity index (χ4v) is 4.58. The number of para-hydroxylation sites is 1. The van der Waals surface area contributed by atoms with Crippen molar-refractivity contribution in [1.82, 2.24) is 10.2 Å². The molecule has 1 aromatic heterocycles. The lowest BCUT2D eigenvalue weighted by Crippen LogP contribution is -2.35. The van der Waals surface area contributed by atoms with Gasteiger partial charge in [-0.15, -0.1) is 10.2 Å². The van der Waals surface area contributed by atoms with Crippen molar-refractivity contribution < 1.29 is 4.79 Å². The highest BCUT2D eigenvalue weighted by Crippen LogP contribution is 2.28. The number of hydrogen-bond donors (Lipinski definition) is 1. The molecule has 0 radical (unpaired) electrons. The number of carbonyl (C=O) groups is 1. The van der Waals surface area contributed by atoms with Crippen molar-refractivity contribution in [3.63, 3.8) is 0 Å². The summed E-state index contributed by atoms with van der Waals surface area (Å²) in [4.78, 5) is 15.1. The molecule has 0 atom stereocenters. The highest BCUT2D eigenvalue weighted by molar-refractivity contribution is 6.05. The van der Waals surface area contributed by atoms with E-state index in [0.717, 1.165) is 55.0 Å². The molecule has 5 nitrogen and oxygen atoms in total. The molecule has 0 spiro atoms. The molecule has 1 N–H and O–H groups in total. The molecule has 0 bridgehead atoms. The zero-order valence-corrected chi connectivity index (χ0v) is 19.1. The molecule has 5 heteroatoms. The van der Waals surface area contributed by atoms with Gasteiger partial charge in [0.1, 0.15) is 0 Å². The molecule has 2 heterocycles. The summed E-state index contributed by atoms with van der Waals surface area (Å²) in [6.45, 7) is 1.92. The Balaban J connectivity index is 1.20. The Bertz CT molecular complexity index is 1220. The van der Waals surface area contributed by atoms with Gasteiger partial charge in [-0.25, -0.2) is 0 Å². The van der Waals surface area contributed by atoms with Gasteiger partial charge in [0, 0.05) is 24.3 Å². The molecule has 0 saturated carbocycles. The molecule has 1 aliphatic rings. The lowest BCUT2D eigenvalue weighted by molar-refractivity contribution is 0.102. The van der Waals surface area contributed by atoms with Gasteiger partial charge in [0.05, 0.1) is 0 Å². The number of carbonyl (C=O) groups excluding carboxylic acids is 1. The van der Waals surface area contributed by atoms with Crippen molar-refractivity contribution >= 4 is 17.4 Å². The summed E-state index contributed by atoms with van der Waals surface area (Å²) in [7, 11) is 0. The Kier molecular flexibility index (Phi) is 6.61. The van der Waals surface area contributed by atoms with Gasteiger partial charge >= 0.3 is 0 Å². The molecular formula is C29H28N4O. The minimum Gasteiger partial charge on any atom is -0.355 e. The summed E-state index contributed by atoms with van der Waals surface area (Å²) >= 11 is 0. The number of rotatable bonds is 6. The van der Waals surface area contributed by atoms with Crippen molar-refractivity contribution in [3.8, 4) is 11.1 Å². The number of piperidine rings is 1. The number of amides is 1. The van der Waals surface area contributed by atoms with E-state index >= 15 is 0 Å². The van der Waals surface area contributed by atoms with Gasteiger partial charge < -0.3 is 10.2 Å². The molecule has 1 aliphatic heterocycles. The Morgan fingerprint density at radius 3 is 2.18 bits per heavy atom. The minimum atomic E-state index is -0.260. The second-order valence-electron chi connectivity index (χ2n) is 8.76. The second-order valence-corrected chi connectivity index (χ2v) is 8.76. The number of nitrogens with one attached hydrogen (secondary N) is 1. The third kappa shape index (κ3) is 5.15. The van der Waals surface area contributed by atoms with Gasteiger partial charge in [0.2, 0.25) is 0 Å². The van der Waals surface area contributed by atoms with Crippen LogP contribution in [0.3, 0.4) is 0 Å². The number of aromatic nitrogens is 2. The molecule has 170 valence electrons. The van der Waals surface area contributed by atoms with Crippen molar-refractivity contribution in [2.75, 3.05) is 23.3 Å². The summed E-state index contributed by atoms with van der Waals surface area (Å²) in [5.41, 5.74) is 4.50. The van der Waals surface area contributed by atoms with Crippen LogP contribution in [0.15, 0.2) is 97.1 Å². The monoisotopic (exact) mass is 448 g/mol. The Labute approximate surface area is 200 Å². The lowest BCUT2D eigenvalue weighted by atomic mass is 9.90. The van der Waals surface area contributed by atoms with E-state index in [1.165, 1.54) is 5.56 Å². The number of benzene rings is 3. The molecule has 0 unspecified atom stereocenters. The molecule has 1 fully saturated rings. The third-order valence-electron chi connectivity index (χ3n) is 6.45. The number of nitrogens with zero attached hydrogens (tertiary/aromatic N) is 3. The van der Waals surface area contributed by atoms with E-state index < -0.39 is 0 Å². The van der Waals surface area contributed by atoms with E-state index in [2.05, 4.69) is 50.7 Å². The fraction of sp³-hybridized carbons (Fsp3) is 0.207. The predicted octanol–water partition coefficient (Wildman–Crippen LogP) is 5.86. The molecule has 34 heavy (non-hydrogen) atoms. The maximum absolute atomic E-state index is 12.9. The van der Waals surface area contributed by atoms with Gasteiger partial charge in [-0.1, -0.05) is 78.9 Å². The maximum atomic E-state index is 12.9. The van der Waals surface area contributed by atoms with E-state index in [0.29, 0.717) is 11.6 Å². The number of hydrogen-bond acceptors (Lipinski definition) is 4. The topological polar surface area (TPSA) is 58.1 Å². The van der Waals surface area contributed by atoms with E-state index in [4.69, 9.17) is 0 Å². The standard InChI is InChI=1S/C29H28N4O/c34-29(30-26-14-8-7-13-25(26)24-11-5-2-6-12-24)27-15-16-28(32-31-27)33-19-17-23(18-20-33)21-22-9-3-1-4-10-22/h1-16,23H,17-21H2,(H,30,34). The molecule has 5 rings (SSSR count). The molecular weight excluding hydrogens is 420 g/mol. The SMILES string of the molecule is O=C(Nc1ccccc1-c1ccccc1)c1ccc(N2CCC(Cc3ccccc3)CC2)nn1. The smallest absolute Gasteiger partial charge is 0.276 e. The van der Waals surface area contributed by atoms with Gasteiger partial charge in [-0.2, -0.15) is 0 Å². The largest absolute Gasteiger partial charge is 0.355 e. The van der Waals surface area contributed by atoms with Crippen LogP contribution in [-0.2, 0) is 6.42 Å². The highest BCUT2D eigenvalue weighted by Gasteiger charge is 2.21. The average molecular weight is 449 g/mol. The normalized spacial score (nSPS) is 14.1. The first-order valence-corrected chi connectivity index (χ1v) is 11.8. The van der Waals surface area contributed by atoms with Crippen molar-refractivity contribution in [2.24, 2.45) is 5.92 Å². The van der Waals surface area contributed by atoms with Crippen LogP contribution < -0.4 is 10.2 Å². The third-order valence-corrected chi connectivity index (χ3v) is 6.45. The number of anilines is 2. The summed E-state index contributed by atoms with van der Waals surface area (Å²) in [5.74, 6) is 1.27. The van der Waals surface area contributed by atoms with Crippen LogP contribution in [0.4, 0.5) is 11.5 Å². The molecule has 3 aromatic carbocycles. The Hall–Kier alpha value is -3.99. The van der Waals surface area contributed by atoms with Crippen molar-refractivity contribution in [1.29, 1.82) is 0 Å². The lowest BCUT2D eigenvalue weighted by Gasteiger charge is -2.32. The Morgan fingerprint density at radius 1 is 0.794 bits per heavy atom.